The molecular weight excluding hydrogens is 564 g/mol. The Morgan fingerprint density at radius 2 is 2.03 bits per heavy atom. The highest BCUT2D eigenvalue weighted by Gasteiger charge is 2.33. The Morgan fingerprint density at radius 1 is 1.26 bits per heavy atom. The van der Waals surface area contributed by atoms with E-state index in [-0.39, 0.29) is 42.6 Å². The lowest BCUT2D eigenvalue weighted by Gasteiger charge is -2.21. The molecule has 200 valence electrons. The van der Waals surface area contributed by atoms with Crippen LogP contribution in [-0.2, 0) is 19.4 Å². The molecule has 11 nitrogen and oxygen atoms in total. The van der Waals surface area contributed by atoms with Gasteiger partial charge < -0.3 is 9.94 Å². The number of sulfone groups is 1. The van der Waals surface area contributed by atoms with E-state index in [1.807, 2.05) is 6.07 Å². The highest BCUT2D eigenvalue weighted by molar-refractivity contribution is 7.92. The summed E-state index contributed by atoms with van der Waals surface area (Å²) in [5, 5.41) is 25.2. The molecule has 3 aromatic heterocycles. The van der Waals surface area contributed by atoms with Gasteiger partial charge in [-0.25, -0.2) is 18.1 Å². The van der Waals surface area contributed by atoms with Crippen LogP contribution in [0, 0.1) is 11.3 Å². The number of carbonyl (C=O) groups excluding carboxylic acids is 1. The van der Waals surface area contributed by atoms with Crippen LogP contribution in [0.1, 0.15) is 38.0 Å². The fraction of sp³-hybridized carbons (Fsp3) is 0.240. The second kappa shape index (κ2) is 10.7. The first kappa shape index (κ1) is 26.8. The molecule has 39 heavy (non-hydrogen) atoms. The fourth-order valence-electron chi connectivity index (χ4n) is 4.17. The summed E-state index contributed by atoms with van der Waals surface area (Å²) in [5.74, 6) is -0.431. The van der Waals surface area contributed by atoms with E-state index in [2.05, 4.69) is 15.1 Å². The van der Waals surface area contributed by atoms with Gasteiger partial charge in [0.15, 0.2) is 17.5 Å². The van der Waals surface area contributed by atoms with Crippen molar-refractivity contribution in [1.29, 1.82) is 5.26 Å². The number of nitriles is 1. The molecule has 0 spiro atoms. The molecule has 14 heteroatoms. The van der Waals surface area contributed by atoms with E-state index in [1.54, 1.807) is 4.68 Å². The summed E-state index contributed by atoms with van der Waals surface area (Å²) in [7, 11) is -4.24. The quantitative estimate of drug-likeness (QED) is 0.342. The average molecular weight is 585 g/mol. The maximum atomic E-state index is 14.0. The molecule has 1 saturated heterocycles. The predicted octanol–water partition coefficient (Wildman–Crippen LogP) is 4.22. The van der Waals surface area contributed by atoms with Crippen LogP contribution in [0.25, 0.3) is 21.1 Å². The summed E-state index contributed by atoms with van der Waals surface area (Å²) in [6, 6.07) is 10.5. The molecule has 0 aliphatic carbocycles. The Labute approximate surface area is 232 Å². The molecule has 0 radical (unpaired) electrons. The SMILES string of the molecule is CC(=O)N=c1cc(-c2sc(-c3ncn(C4CCCCO4)n3)c(S(=O)(=O)c3ccc(Cl)cc3)c2C#N)ccn1O. The van der Waals surface area contributed by atoms with Crippen molar-refractivity contribution in [2.75, 3.05) is 6.61 Å². The van der Waals surface area contributed by atoms with Gasteiger partial charge in [0.1, 0.15) is 17.3 Å². The maximum absolute atomic E-state index is 14.0. The van der Waals surface area contributed by atoms with E-state index >= 15 is 0 Å². The second-order valence-electron chi connectivity index (χ2n) is 8.65. The highest BCUT2D eigenvalue weighted by atomic mass is 35.5. The van der Waals surface area contributed by atoms with Gasteiger partial charge in [-0.15, -0.1) is 16.4 Å². The molecule has 1 amide bonds. The Kier molecular flexibility index (Phi) is 7.37. The number of halogens is 1. The number of ether oxygens (including phenoxy) is 1. The third-order valence-electron chi connectivity index (χ3n) is 5.98. The van der Waals surface area contributed by atoms with Crippen LogP contribution < -0.4 is 5.49 Å². The molecule has 1 aliphatic heterocycles. The van der Waals surface area contributed by atoms with E-state index in [1.165, 1.54) is 55.8 Å². The Bertz CT molecular complexity index is 1780. The summed E-state index contributed by atoms with van der Waals surface area (Å²) in [4.78, 5) is 19.9. The Hall–Kier alpha value is -3.83. The molecule has 1 atom stereocenters. The smallest absolute Gasteiger partial charge is 0.244 e. The van der Waals surface area contributed by atoms with Crippen molar-refractivity contribution >= 4 is 38.7 Å². The molecule has 4 aromatic rings. The van der Waals surface area contributed by atoms with E-state index in [0.717, 1.165) is 30.6 Å². The number of pyridine rings is 1. The van der Waals surface area contributed by atoms with Crippen molar-refractivity contribution < 1.29 is 23.2 Å². The number of hydrogen-bond donors (Lipinski definition) is 1. The molecule has 1 aliphatic rings. The first-order valence-electron chi connectivity index (χ1n) is 11.8. The normalized spacial score (nSPS) is 16.2. The van der Waals surface area contributed by atoms with Crippen LogP contribution >= 0.6 is 22.9 Å². The van der Waals surface area contributed by atoms with E-state index in [0.29, 0.717) is 21.9 Å². The molecule has 1 N–H and O–H groups in total. The third-order valence-corrected chi connectivity index (χ3v) is 9.43. The maximum Gasteiger partial charge on any atom is 0.244 e. The van der Waals surface area contributed by atoms with Crippen LogP contribution in [0.3, 0.4) is 0 Å². The first-order valence-corrected chi connectivity index (χ1v) is 14.4. The van der Waals surface area contributed by atoms with Crippen molar-refractivity contribution in [3.05, 3.63) is 65.0 Å². The Balaban J connectivity index is 1.75. The zero-order valence-corrected chi connectivity index (χ0v) is 22.9. The van der Waals surface area contributed by atoms with Gasteiger partial charge in [-0.3, -0.25) is 4.79 Å². The van der Waals surface area contributed by atoms with Crippen LogP contribution in [0.15, 0.2) is 63.7 Å². The summed E-state index contributed by atoms with van der Waals surface area (Å²) in [6.07, 6.45) is 5.06. The van der Waals surface area contributed by atoms with Gasteiger partial charge >= 0.3 is 0 Å². The molecule has 5 rings (SSSR count). The van der Waals surface area contributed by atoms with Crippen molar-refractivity contribution in [3.63, 3.8) is 0 Å². The van der Waals surface area contributed by atoms with E-state index < -0.39 is 15.7 Å². The second-order valence-corrected chi connectivity index (χ2v) is 12.0. The van der Waals surface area contributed by atoms with Crippen molar-refractivity contribution in [2.45, 2.75) is 42.2 Å². The topological polar surface area (TPSA) is 152 Å². The number of aromatic nitrogens is 4. The van der Waals surface area contributed by atoms with Crippen LogP contribution in [0.4, 0.5) is 0 Å². The van der Waals surface area contributed by atoms with Gasteiger partial charge in [0, 0.05) is 24.8 Å². The minimum Gasteiger partial charge on any atom is -0.427 e. The lowest BCUT2D eigenvalue weighted by molar-refractivity contribution is -0.116. The predicted molar refractivity (Wildman–Crippen MR) is 141 cm³/mol. The summed E-state index contributed by atoms with van der Waals surface area (Å²) < 4.78 is 35.9. The van der Waals surface area contributed by atoms with Crippen molar-refractivity contribution in [1.82, 2.24) is 19.5 Å². The lowest BCUT2D eigenvalue weighted by Crippen LogP contribution is -2.19. The molecule has 4 heterocycles. The number of benzene rings is 1. The third kappa shape index (κ3) is 5.24. The standard InChI is InChI=1S/C25H21ClN6O5S2/c1-15(33)29-20-12-16(9-10-32(20)34)22-19(13-27)24(39(35,36)18-7-5-17(26)6-8-18)23(38-22)25-28-14-31(30-25)21-4-2-3-11-37-21/h5-10,12,14,21,34H,2-4,11H2,1H3. The summed E-state index contributed by atoms with van der Waals surface area (Å²) in [6.45, 7) is 1.82. The molecule has 0 saturated carbocycles. The summed E-state index contributed by atoms with van der Waals surface area (Å²) in [5.41, 5.74) is 0.160. The number of thiophene rings is 1. The molecular formula is C25H21ClN6O5S2. The van der Waals surface area contributed by atoms with E-state index in [4.69, 9.17) is 16.3 Å². The summed E-state index contributed by atoms with van der Waals surface area (Å²) >= 11 is 6.99. The van der Waals surface area contributed by atoms with Crippen LogP contribution in [0.2, 0.25) is 5.02 Å². The van der Waals surface area contributed by atoms with Gasteiger partial charge in [-0.2, -0.15) is 15.0 Å². The van der Waals surface area contributed by atoms with Gasteiger partial charge in [-0.05, 0) is 61.2 Å². The highest BCUT2D eigenvalue weighted by Crippen LogP contribution is 2.45. The van der Waals surface area contributed by atoms with Crippen LogP contribution in [-0.4, -0.2) is 45.6 Å². The number of rotatable bonds is 5. The van der Waals surface area contributed by atoms with Crippen LogP contribution in [0.5, 0.6) is 0 Å². The van der Waals surface area contributed by atoms with Crippen molar-refractivity contribution in [3.8, 4) is 27.2 Å². The number of amides is 1. The van der Waals surface area contributed by atoms with Gasteiger partial charge in [0.25, 0.3) is 0 Å². The minimum absolute atomic E-state index is 0.0578. The lowest BCUT2D eigenvalue weighted by atomic mass is 10.1. The average Bonchev–Trinajstić information content (AvgIpc) is 3.56. The number of carbonyl (C=O) groups is 1. The molecule has 0 bridgehead atoms. The first-order chi connectivity index (χ1) is 18.7. The van der Waals surface area contributed by atoms with Gasteiger partial charge in [-0.1, -0.05) is 11.6 Å². The molecule has 1 unspecified atom stereocenters. The van der Waals surface area contributed by atoms with Crippen molar-refractivity contribution in [2.24, 2.45) is 4.99 Å². The zero-order valence-electron chi connectivity index (χ0n) is 20.5. The minimum atomic E-state index is -4.24. The van der Waals surface area contributed by atoms with E-state index in [9.17, 15) is 23.7 Å². The zero-order chi connectivity index (χ0) is 27.7. The van der Waals surface area contributed by atoms with Gasteiger partial charge in [0.2, 0.25) is 15.7 Å². The van der Waals surface area contributed by atoms with Gasteiger partial charge in [0.05, 0.1) is 20.2 Å². The monoisotopic (exact) mass is 584 g/mol. The fourth-order valence-corrected chi connectivity index (χ4v) is 7.38. The largest absolute Gasteiger partial charge is 0.427 e. The molecule has 1 fully saturated rings. The Morgan fingerprint density at radius 3 is 2.69 bits per heavy atom. The number of nitrogens with zero attached hydrogens (tertiary/aromatic N) is 6. The number of hydrogen-bond acceptors (Lipinski definition) is 9. The molecule has 1 aromatic carbocycles.